The quantitative estimate of drug-likeness (QED) is 0.631. The number of aromatic nitrogens is 1. The third-order valence-corrected chi connectivity index (χ3v) is 6.89. The Bertz CT molecular complexity index is 1340. The zero-order chi connectivity index (χ0) is 23.0. The summed E-state index contributed by atoms with van der Waals surface area (Å²) >= 11 is 0. The molecular formula is C22H18FN3O5S. The Morgan fingerprint density at radius 2 is 1.75 bits per heavy atom. The van der Waals surface area contributed by atoms with E-state index >= 15 is 0 Å². The standard InChI is InChI=1S/C22H18FN3O5S/c1-13-11-19(25-31-13)24-21(27)17-5-3-15(4-6-17)12-26-22(28)14(2)20(32(26,29)30)16-7-9-18(23)10-8-16/h3-11H,12H2,1-2H3,(H,24,25,27). The van der Waals surface area contributed by atoms with Gasteiger partial charge in [0.05, 0.1) is 6.54 Å². The summed E-state index contributed by atoms with van der Waals surface area (Å²) in [6.45, 7) is 2.93. The fourth-order valence-electron chi connectivity index (χ4n) is 3.36. The highest BCUT2D eigenvalue weighted by atomic mass is 32.2. The van der Waals surface area contributed by atoms with Crippen LogP contribution < -0.4 is 5.32 Å². The van der Waals surface area contributed by atoms with E-state index in [2.05, 4.69) is 10.5 Å². The monoisotopic (exact) mass is 455 g/mol. The van der Waals surface area contributed by atoms with E-state index in [0.717, 1.165) is 16.4 Å². The number of aryl methyl sites for hydroxylation is 1. The Balaban J connectivity index is 1.52. The SMILES string of the molecule is CC1=C(c2ccc(F)cc2)S(=O)(=O)N(Cc2ccc(C(=O)Nc3cc(C)on3)cc2)C1=O. The van der Waals surface area contributed by atoms with Gasteiger partial charge in [-0.1, -0.05) is 29.4 Å². The topological polar surface area (TPSA) is 110 Å². The van der Waals surface area contributed by atoms with Gasteiger partial charge in [0, 0.05) is 17.2 Å². The zero-order valence-electron chi connectivity index (χ0n) is 17.1. The van der Waals surface area contributed by atoms with Crippen LogP contribution >= 0.6 is 0 Å². The van der Waals surface area contributed by atoms with Gasteiger partial charge in [-0.3, -0.25) is 9.59 Å². The fraction of sp³-hybridized carbons (Fsp3) is 0.136. The van der Waals surface area contributed by atoms with Crippen molar-refractivity contribution < 1.29 is 26.9 Å². The predicted molar refractivity (Wildman–Crippen MR) is 114 cm³/mol. The Labute approximate surface area is 183 Å². The van der Waals surface area contributed by atoms with Gasteiger partial charge in [-0.05, 0) is 49.2 Å². The number of hydrogen-bond donors (Lipinski definition) is 1. The highest BCUT2D eigenvalue weighted by molar-refractivity contribution is 7.99. The van der Waals surface area contributed by atoms with Crippen LogP contribution in [0.25, 0.3) is 4.91 Å². The Kier molecular flexibility index (Phi) is 5.39. The average Bonchev–Trinajstić information content (AvgIpc) is 3.23. The summed E-state index contributed by atoms with van der Waals surface area (Å²) in [7, 11) is -4.11. The van der Waals surface area contributed by atoms with E-state index in [1.165, 1.54) is 31.2 Å². The van der Waals surface area contributed by atoms with Crippen molar-refractivity contribution in [2.75, 3.05) is 5.32 Å². The van der Waals surface area contributed by atoms with Gasteiger partial charge in [-0.25, -0.2) is 17.1 Å². The second-order valence-corrected chi connectivity index (χ2v) is 9.05. The van der Waals surface area contributed by atoms with Crippen molar-refractivity contribution in [3.05, 3.63) is 88.4 Å². The largest absolute Gasteiger partial charge is 0.360 e. The highest BCUT2D eigenvalue weighted by Crippen LogP contribution is 2.36. The van der Waals surface area contributed by atoms with Gasteiger partial charge in [-0.15, -0.1) is 0 Å². The number of nitrogens with zero attached hydrogens (tertiary/aromatic N) is 2. The normalized spacial score (nSPS) is 15.3. The molecule has 164 valence electrons. The van der Waals surface area contributed by atoms with Gasteiger partial charge in [0.1, 0.15) is 16.5 Å². The van der Waals surface area contributed by atoms with Crippen LogP contribution in [-0.2, 0) is 21.4 Å². The van der Waals surface area contributed by atoms with Gasteiger partial charge in [0.2, 0.25) is 0 Å². The number of rotatable bonds is 5. The van der Waals surface area contributed by atoms with Crippen LogP contribution in [0.5, 0.6) is 0 Å². The van der Waals surface area contributed by atoms with Crippen LogP contribution in [0.1, 0.15) is 34.2 Å². The minimum atomic E-state index is -4.11. The molecule has 0 radical (unpaired) electrons. The summed E-state index contributed by atoms with van der Waals surface area (Å²) < 4.78 is 45.0. The summed E-state index contributed by atoms with van der Waals surface area (Å²) in [5, 5.41) is 6.28. The third-order valence-electron chi connectivity index (χ3n) is 4.95. The Morgan fingerprint density at radius 1 is 1.09 bits per heavy atom. The van der Waals surface area contributed by atoms with Crippen molar-refractivity contribution in [1.29, 1.82) is 0 Å². The molecule has 0 atom stereocenters. The molecule has 0 fully saturated rings. The molecule has 0 spiro atoms. The van der Waals surface area contributed by atoms with Crippen molar-refractivity contribution >= 4 is 32.6 Å². The minimum Gasteiger partial charge on any atom is -0.360 e. The first-order valence-electron chi connectivity index (χ1n) is 9.54. The molecule has 3 aromatic rings. The predicted octanol–water partition coefficient (Wildman–Crippen LogP) is 3.48. The van der Waals surface area contributed by atoms with E-state index in [-0.39, 0.29) is 28.4 Å². The average molecular weight is 455 g/mol. The second kappa shape index (κ2) is 8.04. The van der Waals surface area contributed by atoms with Gasteiger partial charge in [0.15, 0.2) is 5.82 Å². The van der Waals surface area contributed by atoms with Crippen LogP contribution in [0, 0.1) is 12.7 Å². The third kappa shape index (κ3) is 3.92. The summed E-state index contributed by atoms with van der Waals surface area (Å²) in [6, 6.07) is 12.7. The molecule has 0 unspecified atom stereocenters. The van der Waals surface area contributed by atoms with E-state index in [0.29, 0.717) is 16.9 Å². The number of nitrogens with one attached hydrogen (secondary N) is 1. The van der Waals surface area contributed by atoms with Crippen LogP contribution in [0.2, 0.25) is 0 Å². The van der Waals surface area contributed by atoms with Gasteiger partial charge >= 0.3 is 0 Å². The highest BCUT2D eigenvalue weighted by Gasteiger charge is 2.42. The molecule has 2 heterocycles. The summed E-state index contributed by atoms with van der Waals surface area (Å²) in [4.78, 5) is 24.9. The maximum Gasteiger partial charge on any atom is 0.268 e. The van der Waals surface area contributed by atoms with Crippen molar-refractivity contribution in [1.82, 2.24) is 9.46 Å². The molecule has 32 heavy (non-hydrogen) atoms. The first kappa shape index (κ1) is 21.4. The number of amides is 2. The summed E-state index contributed by atoms with van der Waals surface area (Å²) in [6.07, 6.45) is 0. The van der Waals surface area contributed by atoms with Crippen molar-refractivity contribution in [3.63, 3.8) is 0 Å². The smallest absolute Gasteiger partial charge is 0.268 e. The summed E-state index contributed by atoms with van der Waals surface area (Å²) in [5.74, 6) is -0.733. The van der Waals surface area contributed by atoms with E-state index in [1.807, 2.05) is 0 Å². The number of anilines is 1. The number of carbonyl (C=O) groups excluding carboxylic acids is 2. The number of hydrogen-bond acceptors (Lipinski definition) is 6. The van der Waals surface area contributed by atoms with E-state index < -0.39 is 27.7 Å². The molecular weight excluding hydrogens is 437 g/mol. The molecule has 0 aliphatic carbocycles. The number of benzene rings is 2. The number of sulfonamides is 1. The molecule has 2 aromatic carbocycles. The molecule has 1 aliphatic rings. The van der Waals surface area contributed by atoms with Crippen LogP contribution in [0.4, 0.5) is 10.2 Å². The minimum absolute atomic E-state index is 0.0653. The first-order chi connectivity index (χ1) is 15.2. The lowest BCUT2D eigenvalue weighted by Crippen LogP contribution is -2.30. The zero-order valence-corrected chi connectivity index (χ0v) is 17.9. The molecule has 8 nitrogen and oxygen atoms in total. The van der Waals surface area contributed by atoms with E-state index in [4.69, 9.17) is 4.52 Å². The maximum atomic E-state index is 13.2. The molecule has 0 saturated heterocycles. The lowest BCUT2D eigenvalue weighted by molar-refractivity contribution is -0.122. The molecule has 1 aromatic heterocycles. The maximum absolute atomic E-state index is 13.2. The second-order valence-electron chi connectivity index (χ2n) is 7.25. The molecule has 1 aliphatic heterocycles. The fourth-order valence-corrected chi connectivity index (χ4v) is 5.16. The molecule has 1 N–H and O–H groups in total. The summed E-state index contributed by atoms with van der Waals surface area (Å²) in [5.41, 5.74) is 1.15. The van der Waals surface area contributed by atoms with Gasteiger partial charge in [-0.2, -0.15) is 0 Å². The van der Waals surface area contributed by atoms with E-state index in [1.54, 1.807) is 25.1 Å². The molecule has 10 heteroatoms. The lowest BCUT2D eigenvalue weighted by atomic mass is 10.1. The molecule has 0 bridgehead atoms. The van der Waals surface area contributed by atoms with Gasteiger partial charge in [0.25, 0.3) is 21.8 Å². The van der Waals surface area contributed by atoms with Gasteiger partial charge < -0.3 is 9.84 Å². The van der Waals surface area contributed by atoms with Crippen molar-refractivity contribution in [2.45, 2.75) is 20.4 Å². The first-order valence-corrected chi connectivity index (χ1v) is 11.0. The number of halogens is 1. The van der Waals surface area contributed by atoms with Crippen molar-refractivity contribution in [2.24, 2.45) is 0 Å². The van der Waals surface area contributed by atoms with Crippen LogP contribution in [0.3, 0.4) is 0 Å². The van der Waals surface area contributed by atoms with Crippen molar-refractivity contribution in [3.8, 4) is 0 Å². The van der Waals surface area contributed by atoms with Crippen LogP contribution in [0.15, 0.2) is 64.7 Å². The Morgan fingerprint density at radius 3 is 2.34 bits per heavy atom. The molecule has 4 rings (SSSR count). The van der Waals surface area contributed by atoms with E-state index in [9.17, 15) is 22.4 Å². The lowest BCUT2D eigenvalue weighted by Gasteiger charge is -2.17. The number of carbonyl (C=O) groups is 2. The Hall–Kier alpha value is -3.79. The van der Waals surface area contributed by atoms with Crippen LogP contribution in [-0.4, -0.2) is 29.7 Å². The molecule has 2 amide bonds. The molecule has 0 saturated carbocycles.